The van der Waals surface area contributed by atoms with Crippen molar-refractivity contribution in [1.82, 2.24) is 0 Å². The van der Waals surface area contributed by atoms with E-state index in [1.807, 2.05) is 0 Å². The summed E-state index contributed by atoms with van der Waals surface area (Å²) < 4.78 is 52.9. The molecule has 0 aromatic heterocycles. The molecule has 3 fully saturated rings. The first-order chi connectivity index (χ1) is 36.9. The van der Waals surface area contributed by atoms with Crippen molar-refractivity contribution in [1.29, 1.82) is 0 Å². The van der Waals surface area contributed by atoms with Gasteiger partial charge < -0.3 is 124 Å². The molecule has 0 amide bonds. The number of aliphatic hydroxyl groups excluding tert-OH is 11. The number of ether oxygens (including phenoxy) is 10. The van der Waals surface area contributed by atoms with Crippen LogP contribution in [0.25, 0.3) is 11.8 Å². The van der Waals surface area contributed by atoms with Crippen LogP contribution < -0.4 is 4.74 Å². The molecule has 424 valence electrons. The molecule has 4 heterocycles. The number of aliphatic carboxylic acids is 2. The maximum atomic E-state index is 13.0. The Labute approximate surface area is 437 Å². The minimum absolute atomic E-state index is 0.00892. The zero-order valence-electron chi connectivity index (χ0n) is 39.9. The van der Waals surface area contributed by atoms with Crippen molar-refractivity contribution in [2.24, 2.45) is 0 Å². The van der Waals surface area contributed by atoms with Crippen LogP contribution in [0.5, 0.6) is 17.2 Å². The van der Waals surface area contributed by atoms with Gasteiger partial charge in [0, 0.05) is 18.2 Å². The highest BCUT2D eigenvalue weighted by Gasteiger charge is 2.52. The fraction of sp³-hybridized carbons (Fsp3) is 0.438. The number of allylic oxidation sites excluding steroid dienone is 2. The number of benzene rings is 2. The Morgan fingerprint density at radius 3 is 2.03 bits per heavy atom. The third kappa shape index (κ3) is 13.4. The summed E-state index contributed by atoms with van der Waals surface area (Å²) in [6.45, 7) is -2.38. The normalized spacial score (nSPS) is 31.7. The number of hydrogen-bond donors (Lipinski definition) is 15. The second-order valence-electron chi connectivity index (χ2n) is 17.7. The number of fused-ring (bicyclic) bond motifs is 1. The number of hydrogen-bond acceptors (Lipinski definition) is 27. The molecule has 3 saturated heterocycles. The van der Waals surface area contributed by atoms with E-state index in [4.69, 9.17) is 42.6 Å². The van der Waals surface area contributed by atoms with E-state index in [0.717, 1.165) is 24.3 Å². The van der Waals surface area contributed by atoms with Gasteiger partial charge in [-0.1, -0.05) is 6.07 Å². The first kappa shape index (κ1) is 58.3. The number of carboxylic acids is 2. The summed E-state index contributed by atoms with van der Waals surface area (Å²) >= 11 is 0. The average molecular weight is 1110 g/mol. The van der Waals surface area contributed by atoms with E-state index in [1.54, 1.807) is 0 Å². The molecule has 5 aliphatic rings. The second kappa shape index (κ2) is 24.9. The van der Waals surface area contributed by atoms with E-state index in [1.165, 1.54) is 42.5 Å². The summed E-state index contributed by atoms with van der Waals surface area (Å²) in [7, 11) is 0. The van der Waals surface area contributed by atoms with Gasteiger partial charge in [-0.3, -0.25) is 9.59 Å². The molecule has 0 spiro atoms. The average Bonchev–Trinajstić information content (AvgIpc) is 3.49. The Kier molecular flexibility index (Phi) is 18.6. The third-order valence-corrected chi connectivity index (χ3v) is 12.2. The Bertz CT molecular complexity index is 2700. The fourth-order valence-corrected chi connectivity index (χ4v) is 8.11. The third-order valence-electron chi connectivity index (χ3n) is 12.2. The molecule has 2 aromatic carbocycles. The van der Waals surface area contributed by atoms with Crippen molar-refractivity contribution in [2.45, 2.75) is 111 Å². The van der Waals surface area contributed by atoms with Crippen LogP contribution >= 0.6 is 0 Å². The van der Waals surface area contributed by atoms with E-state index in [2.05, 4.69) is 4.74 Å². The standard InChI is InChI=1S/C48H52O30/c49-14-28-34(59)36(61)39(64)47(74-28)72-25-7-1-17(9-23(25)53)2-8-30(55)76-42(44(65)66)43(45(67)68)77-32(57)13-31(56)69-16-29-35(60)37(62)41(78-46-38(63)33(58)24(54)15-70-46)48(75-29)73-27-12-21-22(52)10-20(51)11-26(21)71-40(27)18-3-5-19(50)6-4-18/h1-12,24,26,28-29,33-39,41-43,46-54,58-64H,13-16H2,(H,65,66)(H,67,68)/p+1. The van der Waals surface area contributed by atoms with Gasteiger partial charge in [0.15, 0.2) is 23.9 Å². The molecule has 30 nitrogen and oxygen atoms in total. The lowest BCUT2D eigenvalue weighted by Crippen LogP contribution is -2.63. The number of rotatable bonds is 19. The molecule has 78 heavy (non-hydrogen) atoms. The molecule has 0 saturated carbocycles. The van der Waals surface area contributed by atoms with Crippen molar-refractivity contribution < 1.29 is 148 Å². The number of phenolic OH excluding ortho intramolecular Hbond substituents is 2. The van der Waals surface area contributed by atoms with Crippen molar-refractivity contribution in [3.63, 3.8) is 0 Å². The highest BCUT2D eigenvalue weighted by Crippen LogP contribution is 2.38. The Balaban J connectivity index is 1.00. The largest absolute Gasteiger partial charge is 0.571 e. The van der Waals surface area contributed by atoms with Crippen LogP contribution in [-0.2, 0) is 61.9 Å². The fourth-order valence-electron chi connectivity index (χ4n) is 8.11. The maximum Gasteiger partial charge on any atom is 0.349 e. The number of carboxylic acid groups (broad SMARTS) is 2. The van der Waals surface area contributed by atoms with Gasteiger partial charge in [-0.25, -0.2) is 14.4 Å². The molecule has 4 aliphatic heterocycles. The molecular weight excluding hydrogens is 1060 g/mol. The first-order valence-electron chi connectivity index (χ1n) is 23.2. The predicted molar refractivity (Wildman–Crippen MR) is 247 cm³/mol. The van der Waals surface area contributed by atoms with Crippen LogP contribution in [-0.4, -0.2) is 235 Å². The molecule has 1 aliphatic carbocycles. The number of esters is 3. The molecule has 7 rings (SSSR count). The van der Waals surface area contributed by atoms with Gasteiger partial charge in [-0.2, -0.15) is 0 Å². The number of phenols is 2. The summed E-state index contributed by atoms with van der Waals surface area (Å²) in [6.07, 6.45) is -28.3. The molecular formula is C48H53O30+. The number of carbonyl (C=O) groups excluding carboxylic acids is 3. The zero-order valence-corrected chi connectivity index (χ0v) is 39.9. The highest BCUT2D eigenvalue weighted by molar-refractivity contribution is 5.94. The SMILES string of the molecule is O=C(C=Cc1ccc(OC2OC(CO)C(O)C(O)C2O)c(O)c1)OC(C(=O)O)C(OC(=O)CC(=O)OCC1OC(OC2=C(c3ccc(O)cc3)[OH+]C3C=C(O)C=C(O)C3=C2)C(OC2OCC(O)C(O)C2O)C(O)C1O)C(=O)O. The van der Waals surface area contributed by atoms with Gasteiger partial charge in [-0.15, -0.1) is 0 Å². The number of aromatic hydroxyl groups is 2. The smallest absolute Gasteiger partial charge is 0.349 e. The minimum Gasteiger partial charge on any atom is -0.571 e. The molecule has 2 aromatic rings. The summed E-state index contributed by atoms with van der Waals surface area (Å²) in [4.78, 5) is 62.9. The lowest BCUT2D eigenvalue weighted by Gasteiger charge is -2.44. The van der Waals surface area contributed by atoms with E-state index in [9.17, 15) is 101 Å². The van der Waals surface area contributed by atoms with Gasteiger partial charge in [0.25, 0.3) is 0 Å². The van der Waals surface area contributed by atoms with E-state index in [0.29, 0.717) is 6.08 Å². The van der Waals surface area contributed by atoms with Crippen LogP contribution in [0.1, 0.15) is 17.5 Å². The van der Waals surface area contributed by atoms with E-state index >= 15 is 0 Å². The molecule has 17 unspecified atom stereocenters. The maximum absolute atomic E-state index is 13.0. The Hall–Kier alpha value is -7.43. The number of aliphatic hydroxyl groups is 13. The summed E-state index contributed by atoms with van der Waals surface area (Å²) in [5.74, 6) is -11.3. The van der Waals surface area contributed by atoms with Crippen molar-refractivity contribution in [3.05, 3.63) is 101 Å². The Morgan fingerprint density at radius 2 is 1.36 bits per heavy atom. The van der Waals surface area contributed by atoms with Crippen molar-refractivity contribution in [2.75, 3.05) is 19.8 Å². The van der Waals surface area contributed by atoms with Crippen molar-refractivity contribution >= 4 is 41.7 Å². The summed E-state index contributed by atoms with van der Waals surface area (Å²) in [5.41, 5.74) is 0.359. The molecule has 16 N–H and O–H groups in total. The second-order valence-corrected chi connectivity index (χ2v) is 17.7. The topological polar surface area (TPSA) is 485 Å². The van der Waals surface area contributed by atoms with Gasteiger partial charge in [0.2, 0.25) is 36.7 Å². The molecule has 30 heteroatoms. The number of carbonyl (C=O) groups is 5. The summed E-state index contributed by atoms with van der Waals surface area (Å²) in [5, 5.41) is 154. The quantitative estimate of drug-likeness (QED) is 0.0208. The minimum atomic E-state index is -2.79. The van der Waals surface area contributed by atoms with Crippen LogP contribution in [0.3, 0.4) is 0 Å². The lowest BCUT2D eigenvalue weighted by atomic mass is 9.96. The molecule has 17 atom stereocenters. The predicted octanol–water partition coefficient (Wildman–Crippen LogP) is -4.39. The summed E-state index contributed by atoms with van der Waals surface area (Å²) in [6, 6.07) is 8.72. The first-order valence-corrected chi connectivity index (χ1v) is 23.2. The lowest BCUT2D eigenvalue weighted by molar-refractivity contribution is -0.351. The monoisotopic (exact) mass is 1110 g/mol. The van der Waals surface area contributed by atoms with Crippen LogP contribution in [0, 0.1) is 0 Å². The van der Waals surface area contributed by atoms with Crippen LogP contribution in [0.15, 0.2) is 89.6 Å². The molecule has 0 bridgehead atoms. The van der Waals surface area contributed by atoms with Gasteiger partial charge in [0.05, 0.1) is 30.4 Å². The van der Waals surface area contributed by atoms with Crippen LogP contribution in [0.2, 0.25) is 0 Å². The van der Waals surface area contributed by atoms with E-state index in [-0.39, 0.29) is 45.5 Å². The molecule has 0 radical (unpaired) electrons. The van der Waals surface area contributed by atoms with Gasteiger partial charge in [0.1, 0.15) is 91.3 Å². The van der Waals surface area contributed by atoms with Gasteiger partial charge >= 0.3 is 35.6 Å². The van der Waals surface area contributed by atoms with E-state index < -0.39 is 172 Å². The zero-order chi connectivity index (χ0) is 56.9. The Morgan fingerprint density at radius 1 is 0.705 bits per heavy atom. The van der Waals surface area contributed by atoms with Crippen molar-refractivity contribution in [3.8, 4) is 17.2 Å². The highest BCUT2D eigenvalue weighted by atomic mass is 16.8. The van der Waals surface area contributed by atoms with Gasteiger partial charge in [-0.05, 0) is 48.0 Å². The van der Waals surface area contributed by atoms with Crippen LogP contribution in [0.4, 0.5) is 0 Å².